The van der Waals surface area contributed by atoms with Crippen molar-refractivity contribution in [1.82, 2.24) is 9.80 Å². The molecule has 3 aliphatic rings. The van der Waals surface area contributed by atoms with Crippen LogP contribution in [-0.4, -0.2) is 86.8 Å². The quantitative estimate of drug-likeness (QED) is 0.515. The van der Waals surface area contributed by atoms with Crippen LogP contribution in [0.5, 0.6) is 0 Å². The summed E-state index contributed by atoms with van der Waals surface area (Å²) in [6, 6.07) is -0.415. The number of ether oxygens (including phenoxy) is 1. The molecule has 0 saturated carbocycles. The molecule has 1 fully saturated rings. The molecule has 2 atom stereocenters. The zero-order valence-electron chi connectivity index (χ0n) is 16.1. The van der Waals surface area contributed by atoms with Gasteiger partial charge >= 0.3 is 5.97 Å². The van der Waals surface area contributed by atoms with E-state index in [4.69, 9.17) is 4.74 Å². The lowest BCUT2D eigenvalue weighted by Crippen LogP contribution is -2.46. The number of sulfone groups is 1. The number of likely N-dealkylation sites (N-methyl/N-ethyl adjacent to an activating group) is 1. The van der Waals surface area contributed by atoms with Crippen LogP contribution in [0.3, 0.4) is 0 Å². The molecule has 10 nitrogen and oxygen atoms in total. The number of hydrogen-bond acceptors (Lipinski definition) is 8. The monoisotopic (exact) mass is 445 g/mol. The van der Waals surface area contributed by atoms with Crippen molar-refractivity contribution < 1.29 is 31.2 Å². The van der Waals surface area contributed by atoms with Crippen LogP contribution >= 0.6 is 0 Å². The van der Waals surface area contributed by atoms with Gasteiger partial charge in [-0.2, -0.15) is 0 Å². The van der Waals surface area contributed by atoms with Crippen LogP contribution in [0.4, 0.5) is 0 Å². The SMILES string of the molecule is CCN(C(=O)C(C)OC(=O)C1=CN2CCS(=O)(=O)N=C2C=C1)C1CCS(=O)(=O)C1. The van der Waals surface area contributed by atoms with Gasteiger partial charge in [0.05, 0.1) is 22.8 Å². The fourth-order valence-corrected chi connectivity index (χ4v) is 6.15. The zero-order chi connectivity index (χ0) is 21.4. The van der Waals surface area contributed by atoms with E-state index in [0.717, 1.165) is 0 Å². The summed E-state index contributed by atoms with van der Waals surface area (Å²) in [5.41, 5.74) is 0.161. The average Bonchev–Trinajstić information content (AvgIpc) is 3.00. The van der Waals surface area contributed by atoms with E-state index >= 15 is 0 Å². The number of amides is 1. The largest absolute Gasteiger partial charge is 0.449 e. The second-order valence-corrected chi connectivity index (χ2v) is 11.1. The lowest BCUT2D eigenvalue weighted by molar-refractivity contribution is -0.156. The minimum atomic E-state index is -3.49. The molecule has 0 N–H and O–H groups in total. The van der Waals surface area contributed by atoms with E-state index in [2.05, 4.69) is 4.40 Å². The van der Waals surface area contributed by atoms with Crippen LogP contribution in [0, 0.1) is 0 Å². The molecule has 0 aromatic carbocycles. The van der Waals surface area contributed by atoms with Gasteiger partial charge in [0, 0.05) is 25.3 Å². The Hall–Kier alpha value is -2.21. The van der Waals surface area contributed by atoms with Crippen molar-refractivity contribution >= 4 is 37.6 Å². The number of esters is 1. The number of amidine groups is 1. The van der Waals surface area contributed by atoms with E-state index in [1.807, 2.05) is 0 Å². The van der Waals surface area contributed by atoms with Crippen molar-refractivity contribution in [2.45, 2.75) is 32.4 Å². The summed E-state index contributed by atoms with van der Waals surface area (Å²) in [5, 5.41) is 0. The van der Waals surface area contributed by atoms with Crippen LogP contribution < -0.4 is 0 Å². The second kappa shape index (κ2) is 7.90. The summed E-state index contributed by atoms with van der Waals surface area (Å²) in [4.78, 5) is 28.1. The van der Waals surface area contributed by atoms with Crippen molar-refractivity contribution in [3.63, 3.8) is 0 Å². The number of sulfonamides is 1. The van der Waals surface area contributed by atoms with Crippen LogP contribution in [0.15, 0.2) is 28.3 Å². The number of carbonyl (C=O) groups is 2. The Morgan fingerprint density at radius 2 is 2.00 bits per heavy atom. The first-order valence-electron chi connectivity index (χ1n) is 9.22. The highest BCUT2D eigenvalue weighted by atomic mass is 32.2. The molecule has 160 valence electrons. The molecule has 0 aliphatic carbocycles. The fraction of sp³-hybridized carbons (Fsp3) is 0.588. The van der Waals surface area contributed by atoms with Gasteiger partial charge in [-0.15, -0.1) is 4.40 Å². The van der Waals surface area contributed by atoms with Crippen molar-refractivity contribution in [2.24, 2.45) is 4.40 Å². The van der Waals surface area contributed by atoms with E-state index in [1.165, 1.54) is 35.1 Å². The average molecular weight is 446 g/mol. The van der Waals surface area contributed by atoms with Crippen LogP contribution in [0.1, 0.15) is 20.3 Å². The third-order valence-electron chi connectivity index (χ3n) is 4.96. The molecule has 0 spiro atoms. The Labute approximate surface area is 169 Å². The maximum atomic E-state index is 12.7. The molecule has 12 heteroatoms. The maximum absolute atomic E-state index is 12.7. The molecule has 0 aromatic heterocycles. The highest BCUT2D eigenvalue weighted by molar-refractivity contribution is 7.91. The summed E-state index contributed by atoms with van der Waals surface area (Å²) in [5.74, 6) is -1.16. The van der Waals surface area contributed by atoms with E-state index in [-0.39, 0.29) is 35.2 Å². The third kappa shape index (κ3) is 4.86. The Kier molecular flexibility index (Phi) is 5.86. The number of nitrogens with zero attached hydrogens (tertiary/aromatic N) is 3. The predicted molar refractivity (Wildman–Crippen MR) is 105 cm³/mol. The van der Waals surface area contributed by atoms with Crippen LogP contribution in [0.2, 0.25) is 0 Å². The van der Waals surface area contributed by atoms with E-state index in [0.29, 0.717) is 13.0 Å². The molecule has 0 radical (unpaired) electrons. The summed E-state index contributed by atoms with van der Waals surface area (Å²) in [7, 11) is -6.64. The zero-order valence-corrected chi connectivity index (χ0v) is 17.8. The van der Waals surface area contributed by atoms with Gasteiger partial charge in [-0.1, -0.05) is 0 Å². The van der Waals surface area contributed by atoms with Gasteiger partial charge in [-0.05, 0) is 32.4 Å². The fourth-order valence-electron chi connectivity index (χ4n) is 3.45. The molecule has 3 heterocycles. The van der Waals surface area contributed by atoms with Crippen molar-refractivity contribution in [2.75, 3.05) is 30.3 Å². The highest BCUT2D eigenvalue weighted by Gasteiger charge is 2.36. The van der Waals surface area contributed by atoms with Gasteiger partial charge in [0.2, 0.25) is 0 Å². The van der Waals surface area contributed by atoms with Gasteiger partial charge in [-0.3, -0.25) is 4.79 Å². The van der Waals surface area contributed by atoms with E-state index < -0.39 is 43.9 Å². The Bertz CT molecular complexity index is 1010. The number of fused-ring (bicyclic) bond motifs is 1. The first-order valence-corrected chi connectivity index (χ1v) is 12.7. The summed E-state index contributed by atoms with van der Waals surface area (Å²) in [6.07, 6.45) is 3.51. The van der Waals surface area contributed by atoms with Gasteiger partial charge in [0.15, 0.2) is 15.9 Å². The molecule has 3 aliphatic heterocycles. The maximum Gasteiger partial charge on any atom is 0.340 e. The van der Waals surface area contributed by atoms with Crippen molar-refractivity contribution in [3.05, 3.63) is 23.9 Å². The van der Waals surface area contributed by atoms with Crippen molar-refractivity contribution in [3.8, 4) is 0 Å². The van der Waals surface area contributed by atoms with E-state index in [9.17, 15) is 26.4 Å². The molecule has 29 heavy (non-hydrogen) atoms. The topological polar surface area (TPSA) is 130 Å². The number of rotatable bonds is 5. The highest BCUT2D eigenvalue weighted by Crippen LogP contribution is 2.20. The van der Waals surface area contributed by atoms with Crippen LogP contribution in [-0.2, 0) is 34.2 Å². The van der Waals surface area contributed by atoms with Crippen molar-refractivity contribution in [1.29, 1.82) is 0 Å². The summed E-state index contributed by atoms with van der Waals surface area (Å²) >= 11 is 0. The van der Waals surface area contributed by atoms with Gasteiger partial charge in [0.1, 0.15) is 5.84 Å². The lowest BCUT2D eigenvalue weighted by Gasteiger charge is -2.30. The Morgan fingerprint density at radius 3 is 2.62 bits per heavy atom. The van der Waals surface area contributed by atoms with E-state index in [1.54, 1.807) is 6.92 Å². The second-order valence-electron chi connectivity index (χ2n) is 7.08. The molecular weight excluding hydrogens is 422 g/mol. The smallest absolute Gasteiger partial charge is 0.340 e. The van der Waals surface area contributed by atoms with Gasteiger partial charge in [-0.25, -0.2) is 21.6 Å². The minimum absolute atomic E-state index is 0.0444. The molecule has 0 aromatic rings. The number of carbonyl (C=O) groups excluding carboxylic acids is 2. The summed E-state index contributed by atoms with van der Waals surface area (Å²) in [6.45, 7) is 3.66. The standard InChI is InChI=1S/C17H23N3O7S2/c1-3-20(14-6-8-28(23,24)11-14)16(21)12(2)27-17(22)13-4-5-15-18-29(25,26)9-7-19(15)10-13/h4-5,10,12,14H,3,6-9,11H2,1-2H3. The normalized spacial score (nSPS) is 25.4. The summed E-state index contributed by atoms with van der Waals surface area (Å²) < 4.78 is 55.4. The van der Waals surface area contributed by atoms with Crippen LogP contribution in [0.25, 0.3) is 0 Å². The molecule has 1 amide bonds. The minimum Gasteiger partial charge on any atom is -0.449 e. The Morgan fingerprint density at radius 1 is 1.28 bits per heavy atom. The predicted octanol–water partition coefficient (Wildman–Crippen LogP) is -0.549. The van der Waals surface area contributed by atoms with Gasteiger partial charge < -0.3 is 14.5 Å². The first-order chi connectivity index (χ1) is 13.5. The molecular formula is C17H23N3O7S2. The lowest BCUT2D eigenvalue weighted by atomic mass is 10.2. The molecule has 0 bridgehead atoms. The third-order valence-corrected chi connectivity index (χ3v) is 7.88. The first kappa shape index (κ1) is 21.5. The molecule has 1 saturated heterocycles. The number of hydrogen-bond donors (Lipinski definition) is 0. The van der Waals surface area contributed by atoms with Gasteiger partial charge in [0.25, 0.3) is 15.9 Å². The Balaban J connectivity index is 1.65. The molecule has 2 unspecified atom stereocenters. The molecule has 3 rings (SSSR count).